The van der Waals surface area contributed by atoms with E-state index in [1.165, 1.54) is 5.39 Å². The number of aromatic amines is 1. The monoisotopic (exact) mass is 262 g/mol. The maximum absolute atomic E-state index is 12.4. The lowest BCUT2D eigenvalue weighted by Gasteiger charge is -2.20. The van der Waals surface area contributed by atoms with Crippen molar-refractivity contribution < 1.29 is 4.79 Å². The minimum atomic E-state index is -0.00477. The zero-order valence-corrected chi connectivity index (χ0v) is 11.1. The summed E-state index contributed by atoms with van der Waals surface area (Å²) in [4.78, 5) is 17.5. The Morgan fingerprint density at radius 1 is 1.00 bits per heavy atom. The number of amides is 1. The molecule has 0 bridgehead atoms. The molecule has 1 aliphatic heterocycles. The maximum Gasteiger partial charge on any atom is 0.254 e. The van der Waals surface area contributed by atoms with E-state index in [0.29, 0.717) is 0 Å². The van der Waals surface area contributed by atoms with Gasteiger partial charge in [0.2, 0.25) is 0 Å². The van der Waals surface area contributed by atoms with Crippen molar-refractivity contribution in [2.75, 3.05) is 7.05 Å². The highest BCUT2D eigenvalue weighted by Gasteiger charge is 2.35. The molecule has 3 aromatic rings. The standard InChI is InChI=1S/C17H14N2O/c1-19-16(12-7-2-3-8-13(12)17(19)20)14-10-18-15-9-5-4-6-11(14)15/h2-10,16,18H,1H3/t16-/m1/s1. The minimum Gasteiger partial charge on any atom is -0.361 e. The van der Waals surface area contributed by atoms with Crippen LogP contribution >= 0.6 is 0 Å². The third-order valence-electron chi connectivity index (χ3n) is 4.11. The number of benzene rings is 2. The molecular formula is C17H14N2O. The Kier molecular flexibility index (Phi) is 2.24. The van der Waals surface area contributed by atoms with E-state index in [2.05, 4.69) is 17.1 Å². The fraction of sp³-hybridized carbons (Fsp3) is 0.118. The average molecular weight is 262 g/mol. The number of aromatic nitrogens is 1. The Hall–Kier alpha value is -2.55. The topological polar surface area (TPSA) is 36.1 Å². The Bertz CT molecular complexity index is 818. The quantitative estimate of drug-likeness (QED) is 0.717. The predicted molar refractivity (Wildman–Crippen MR) is 78.7 cm³/mol. The van der Waals surface area contributed by atoms with E-state index in [0.717, 1.165) is 22.2 Å². The van der Waals surface area contributed by atoms with Crippen molar-refractivity contribution in [2.45, 2.75) is 6.04 Å². The van der Waals surface area contributed by atoms with Gasteiger partial charge in [0.15, 0.2) is 0 Å². The van der Waals surface area contributed by atoms with Gasteiger partial charge in [0.05, 0.1) is 6.04 Å². The number of nitrogens with one attached hydrogen (secondary N) is 1. The lowest BCUT2D eigenvalue weighted by atomic mass is 9.98. The first-order chi connectivity index (χ1) is 9.77. The van der Waals surface area contributed by atoms with Gasteiger partial charge in [-0.05, 0) is 17.7 Å². The first-order valence-corrected chi connectivity index (χ1v) is 6.69. The lowest BCUT2D eigenvalue weighted by Crippen LogP contribution is -2.23. The summed E-state index contributed by atoms with van der Waals surface area (Å²) < 4.78 is 0. The summed E-state index contributed by atoms with van der Waals surface area (Å²) in [6.07, 6.45) is 2.02. The van der Waals surface area contributed by atoms with Gasteiger partial charge in [-0.25, -0.2) is 0 Å². The van der Waals surface area contributed by atoms with Crippen LogP contribution in [-0.4, -0.2) is 22.8 Å². The van der Waals surface area contributed by atoms with E-state index in [9.17, 15) is 4.79 Å². The average Bonchev–Trinajstić information content (AvgIpc) is 3.01. The zero-order chi connectivity index (χ0) is 13.7. The molecule has 4 rings (SSSR count). The van der Waals surface area contributed by atoms with Crippen LogP contribution in [-0.2, 0) is 0 Å². The highest BCUT2D eigenvalue weighted by molar-refractivity contribution is 6.00. The molecular weight excluding hydrogens is 248 g/mol. The number of H-pyrrole nitrogens is 1. The van der Waals surface area contributed by atoms with Crippen LogP contribution in [0.3, 0.4) is 0 Å². The van der Waals surface area contributed by atoms with Crippen LogP contribution in [0.25, 0.3) is 10.9 Å². The number of carbonyl (C=O) groups is 1. The number of hydrogen-bond donors (Lipinski definition) is 1. The fourth-order valence-corrected chi connectivity index (χ4v) is 3.14. The molecule has 0 radical (unpaired) electrons. The summed E-state index contributed by atoms with van der Waals surface area (Å²) in [5.41, 5.74) is 4.16. The fourth-order valence-electron chi connectivity index (χ4n) is 3.14. The highest BCUT2D eigenvalue weighted by Crippen LogP contribution is 2.39. The first-order valence-electron chi connectivity index (χ1n) is 6.69. The van der Waals surface area contributed by atoms with Crippen molar-refractivity contribution in [1.82, 2.24) is 9.88 Å². The predicted octanol–water partition coefficient (Wildman–Crippen LogP) is 3.34. The summed E-state index contributed by atoms with van der Waals surface area (Å²) in [5, 5.41) is 1.17. The van der Waals surface area contributed by atoms with Gasteiger partial charge in [0, 0.05) is 35.3 Å². The Morgan fingerprint density at radius 3 is 2.65 bits per heavy atom. The smallest absolute Gasteiger partial charge is 0.254 e. The second kappa shape index (κ2) is 3.97. The van der Waals surface area contributed by atoms with Gasteiger partial charge < -0.3 is 9.88 Å². The van der Waals surface area contributed by atoms with Gasteiger partial charge in [-0.15, -0.1) is 0 Å². The highest BCUT2D eigenvalue weighted by atomic mass is 16.2. The molecule has 1 atom stereocenters. The molecule has 3 heteroatoms. The van der Waals surface area contributed by atoms with Crippen molar-refractivity contribution in [3.05, 3.63) is 71.4 Å². The van der Waals surface area contributed by atoms with Crippen LogP contribution in [0, 0.1) is 0 Å². The van der Waals surface area contributed by atoms with E-state index >= 15 is 0 Å². The van der Waals surface area contributed by atoms with Crippen molar-refractivity contribution >= 4 is 16.8 Å². The molecule has 2 aromatic carbocycles. The molecule has 98 valence electrons. The third-order valence-corrected chi connectivity index (χ3v) is 4.11. The molecule has 0 saturated heterocycles. The first kappa shape index (κ1) is 11.3. The summed E-state index contributed by atoms with van der Waals surface area (Å²) in [5.74, 6) is 0.0934. The summed E-state index contributed by atoms with van der Waals surface area (Å²) in [6, 6.07) is 16.1. The van der Waals surface area contributed by atoms with Gasteiger partial charge >= 0.3 is 0 Å². The summed E-state index contributed by atoms with van der Waals surface area (Å²) in [7, 11) is 1.87. The summed E-state index contributed by atoms with van der Waals surface area (Å²) >= 11 is 0. The van der Waals surface area contributed by atoms with Crippen molar-refractivity contribution in [3.8, 4) is 0 Å². The van der Waals surface area contributed by atoms with Crippen LogP contribution in [0.1, 0.15) is 27.5 Å². The zero-order valence-electron chi connectivity index (χ0n) is 11.1. The van der Waals surface area contributed by atoms with Crippen molar-refractivity contribution in [2.24, 2.45) is 0 Å². The van der Waals surface area contributed by atoms with E-state index in [4.69, 9.17) is 0 Å². The number of fused-ring (bicyclic) bond motifs is 2. The van der Waals surface area contributed by atoms with Gasteiger partial charge in [0.25, 0.3) is 5.91 Å². The second-order valence-corrected chi connectivity index (χ2v) is 5.20. The van der Waals surface area contributed by atoms with Crippen LogP contribution in [0.5, 0.6) is 0 Å². The van der Waals surface area contributed by atoms with E-state index in [1.807, 2.05) is 54.5 Å². The number of hydrogen-bond acceptors (Lipinski definition) is 1. The molecule has 1 N–H and O–H groups in total. The summed E-state index contributed by atoms with van der Waals surface area (Å²) in [6.45, 7) is 0. The largest absolute Gasteiger partial charge is 0.361 e. The van der Waals surface area contributed by atoms with Crippen LogP contribution < -0.4 is 0 Å². The number of carbonyl (C=O) groups excluding carboxylic acids is 1. The molecule has 0 unspecified atom stereocenters. The van der Waals surface area contributed by atoms with Crippen LogP contribution in [0.15, 0.2) is 54.7 Å². The maximum atomic E-state index is 12.4. The molecule has 2 heterocycles. The number of nitrogens with zero attached hydrogens (tertiary/aromatic N) is 1. The Labute approximate surface area is 116 Å². The van der Waals surface area contributed by atoms with E-state index in [-0.39, 0.29) is 11.9 Å². The molecule has 0 aliphatic carbocycles. The van der Waals surface area contributed by atoms with Crippen LogP contribution in [0.4, 0.5) is 0 Å². The minimum absolute atomic E-state index is 0.00477. The van der Waals surface area contributed by atoms with Gasteiger partial charge in [-0.1, -0.05) is 36.4 Å². The van der Waals surface area contributed by atoms with Crippen LogP contribution in [0.2, 0.25) is 0 Å². The van der Waals surface area contributed by atoms with Gasteiger partial charge in [-0.2, -0.15) is 0 Å². The lowest BCUT2D eigenvalue weighted by molar-refractivity contribution is 0.0794. The number of rotatable bonds is 1. The molecule has 0 fully saturated rings. The molecule has 20 heavy (non-hydrogen) atoms. The molecule has 3 nitrogen and oxygen atoms in total. The number of para-hydroxylation sites is 1. The SMILES string of the molecule is CN1C(=O)c2ccccc2[C@@H]1c1c[nH]c2ccccc12. The Balaban J connectivity index is 1.97. The van der Waals surface area contributed by atoms with E-state index < -0.39 is 0 Å². The van der Waals surface area contributed by atoms with Gasteiger partial charge in [-0.3, -0.25) is 4.79 Å². The third kappa shape index (κ3) is 1.37. The molecule has 1 aromatic heterocycles. The molecule has 1 amide bonds. The second-order valence-electron chi connectivity index (χ2n) is 5.20. The van der Waals surface area contributed by atoms with Crippen molar-refractivity contribution in [3.63, 3.8) is 0 Å². The molecule has 0 spiro atoms. The normalized spacial score (nSPS) is 17.8. The molecule has 0 saturated carbocycles. The molecule has 1 aliphatic rings. The van der Waals surface area contributed by atoms with E-state index in [1.54, 1.807) is 0 Å². The van der Waals surface area contributed by atoms with Gasteiger partial charge in [0.1, 0.15) is 0 Å². The van der Waals surface area contributed by atoms with Crippen molar-refractivity contribution in [1.29, 1.82) is 0 Å². The Morgan fingerprint density at radius 2 is 1.75 bits per heavy atom.